The second kappa shape index (κ2) is 13.9. The lowest BCUT2D eigenvalue weighted by molar-refractivity contribution is -0.145. The van der Waals surface area contributed by atoms with Crippen molar-refractivity contribution in [3.63, 3.8) is 0 Å². The normalized spacial score (nSPS) is 27.9. The van der Waals surface area contributed by atoms with Crippen molar-refractivity contribution in [2.75, 3.05) is 19.3 Å². The SMILES string of the molecule is CN(C1CC1)S(=O)(=O)CC1(NC(=O)N[C@H](C(=O)N2C[C@H]3[C@@H]([C@H]2C(=O)N[C@@H](CCC2CC2)C(=O)C(=O)NC2CC2)C3(C)C)C(C)(C)C)CCCCC1. The maximum Gasteiger partial charge on any atom is 0.315 e. The molecule has 0 radical (unpaired) electrons. The van der Waals surface area contributed by atoms with Crippen molar-refractivity contribution in [2.45, 2.75) is 154 Å². The van der Waals surface area contributed by atoms with Crippen molar-refractivity contribution >= 4 is 39.6 Å². The molecule has 0 aromatic carbocycles. The molecule has 13 nitrogen and oxygen atoms in total. The van der Waals surface area contributed by atoms with E-state index >= 15 is 0 Å². The molecule has 1 aliphatic heterocycles. The molecule has 0 aromatic rings. The van der Waals surface area contributed by atoms with Crippen LogP contribution in [0.5, 0.6) is 0 Å². The molecule has 286 valence electrons. The number of nitrogens with zero attached hydrogens (tertiary/aromatic N) is 2. The van der Waals surface area contributed by atoms with Crippen LogP contribution in [0.2, 0.25) is 0 Å². The van der Waals surface area contributed by atoms with Crippen molar-refractivity contribution in [1.29, 1.82) is 0 Å². The number of hydrogen-bond acceptors (Lipinski definition) is 7. The quantitative estimate of drug-likeness (QED) is 0.187. The smallest absolute Gasteiger partial charge is 0.315 e. The van der Waals surface area contributed by atoms with E-state index in [1.54, 1.807) is 11.9 Å². The lowest BCUT2D eigenvalue weighted by Gasteiger charge is -2.41. The van der Waals surface area contributed by atoms with Crippen LogP contribution < -0.4 is 21.3 Å². The molecule has 1 heterocycles. The Morgan fingerprint density at radius 1 is 0.922 bits per heavy atom. The Labute approximate surface area is 303 Å². The largest absolute Gasteiger partial charge is 0.347 e. The third-order valence-corrected chi connectivity index (χ3v) is 14.7. The number of rotatable bonds is 15. The number of carbonyl (C=O) groups excluding carboxylic acids is 5. The van der Waals surface area contributed by atoms with Gasteiger partial charge in [-0.2, -0.15) is 0 Å². The summed E-state index contributed by atoms with van der Waals surface area (Å²) in [4.78, 5) is 70.3. The molecule has 6 aliphatic rings. The Bertz CT molecular complexity index is 1510. The van der Waals surface area contributed by atoms with E-state index < -0.39 is 68.6 Å². The third-order valence-electron chi connectivity index (χ3n) is 12.6. The van der Waals surface area contributed by atoms with E-state index in [-0.39, 0.29) is 35.1 Å². The topological polar surface area (TPSA) is 174 Å². The van der Waals surface area contributed by atoms with E-state index in [0.29, 0.717) is 31.7 Å². The van der Waals surface area contributed by atoms with Crippen LogP contribution in [-0.4, -0.2) is 102 Å². The van der Waals surface area contributed by atoms with E-state index in [9.17, 15) is 32.4 Å². The molecule has 0 bridgehead atoms. The van der Waals surface area contributed by atoms with Gasteiger partial charge >= 0.3 is 6.03 Å². The summed E-state index contributed by atoms with van der Waals surface area (Å²) in [5.74, 6) is -1.92. The molecule has 5 aliphatic carbocycles. The maximum atomic E-state index is 14.5. The number of nitrogens with one attached hydrogen (secondary N) is 4. The Morgan fingerprint density at radius 2 is 1.57 bits per heavy atom. The Morgan fingerprint density at radius 3 is 2.14 bits per heavy atom. The predicted octanol–water partition coefficient (Wildman–Crippen LogP) is 2.83. The second-order valence-corrected chi connectivity index (χ2v) is 20.4. The average Bonchev–Trinajstić information content (AvgIpc) is 3.84. The summed E-state index contributed by atoms with van der Waals surface area (Å²) in [7, 11) is -2.01. The van der Waals surface area contributed by atoms with Crippen LogP contribution in [0.1, 0.15) is 118 Å². The number of Topliss-reactive ketones (excluding diaryl/α,β-unsaturated/α-hetero) is 1. The van der Waals surface area contributed by atoms with Crippen molar-refractivity contribution in [1.82, 2.24) is 30.5 Å². The highest BCUT2D eigenvalue weighted by atomic mass is 32.2. The number of carbonyl (C=O) groups is 5. The monoisotopic (exact) mass is 732 g/mol. The minimum absolute atomic E-state index is 0.0118. The van der Waals surface area contributed by atoms with Gasteiger partial charge in [0.25, 0.3) is 5.91 Å². The summed E-state index contributed by atoms with van der Waals surface area (Å²) in [6.45, 7) is 10.0. The van der Waals surface area contributed by atoms with Gasteiger partial charge in [-0.3, -0.25) is 19.2 Å². The zero-order chi connectivity index (χ0) is 37.1. The molecule has 51 heavy (non-hydrogen) atoms. The average molecular weight is 733 g/mol. The summed E-state index contributed by atoms with van der Waals surface area (Å²) in [6.07, 6.45) is 10.2. The second-order valence-electron chi connectivity index (χ2n) is 18.3. The molecule has 0 unspecified atom stereocenters. The highest BCUT2D eigenvalue weighted by Crippen LogP contribution is 2.65. The first-order valence-electron chi connectivity index (χ1n) is 19.3. The number of likely N-dealkylation sites (tertiary alicyclic amines) is 1. The molecule has 5 amide bonds. The van der Waals surface area contributed by atoms with Gasteiger partial charge in [-0.05, 0) is 80.0 Å². The van der Waals surface area contributed by atoms with Gasteiger partial charge in [0, 0.05) is 25.7 Å². The van der Waals surface area contributed by atoms with Gasteiger partial charge in [0.05, 0.1) is 17.3 Å². The summed E-state index contributed by atoms with van der Waals surface area (Å²) >= 11 is 0. The number of sulfonamides is 1. The molecule has 5 saturated carbocycles. The predicted molar refractivity (Wildman–Crippen MR) is 192 cm³/mol. The minimum atomic E-state index is -3.62. The summed E-state index contributed by atoms with van der Waals surface area (Å²) in [5, 5.41) is 11.6. The van der Waals surface area contributed by atoms with Crippen molar-refractivity contribution in [3.8, 4) is 0 Å². The number of piperidine rings is 1. The van der Waals surface area contributed by atoms with Crippen molar-refractivity contribution in [3.05, 3.63) is 0 Å². The lowest BCUT2D eigenvalue weighted by Crippen LogP contribution is -2.64. The van der Waals surface area contributed by atoms with Crippen LogP contribution in [0.3, 0.4) is 0 Å². The molecule has 1 saturated heterocycles. The molecule has 6 fully saturated rings. The fourth-order valence-electron chi connectivity index (χ4n) is 8.66. The van der Waals surface area contributed by atoms with Crippen LogP contribution in [0.25, 0.3) is 0 Å². The first-order chi connectivity index (χ1) is 23.8. The van der Waals surface area contributed by atoms with E-state index in [0.717, 1.165) is 64.2 Å². The Hall–Kier alpha value is -2.74. The van der Waals surface area contributed by atoms with Crippen LogP contribution in [0.4, 0.5) is 4.79 Å². The molecule has 6 rings (SSSR count). The molecular weight excluding hydrogens is 673 g/mol. The van der Waals surface area contributed by atoms with Crippen LogP contribution in [-0.2, 0) is 29.2 Å². The number of hydrogen-bond donors (Lipinski definition) is 4. The zero-order valence-electron chi connectivity index (χ0n) is 31.4. The van der Waals surface area contributed by atoms with E-state index in [2.05, 4.69) is 35.1 Å². The summed E-state index contributed by atoms with van der Waals surface area (Å²) in [6, 6.07) is -3.43. The van der Waals surface area contributed by atoms with Gasteiger partial charge in [0.1, 0.15) is 12.1 Å². The van der Waals surface area contributed by atoms with Crippen molar-refractivity contribution in [2.24, 2.45) is 28.6 Å². The number of amides is 5. The molecule has 14 heteroatoms. The highest BCUT2D eigenvalue weighted by Gasteiger charge is 2.70. The van der Waals surface area contributed by atoms with Gasteiger partial charge < -0.3 is 26.2 Å². The first kappa shape index (κ1) is 38.0. The minimum Gasteiger partial charge on any atom is -0.347 e. The Balaban J connectivity index is 1.17. The molecular formula is C37H60N6O7S. The van der Waals surface area contributed by atoms with E-state index in [1.165, 1.54) is 4.31 Å². The standard InChI is InChI=1S/C37H60N6O7S/c1-35(2,3)30(40-34(48)41-37(18-8-7-9-19-37)21-51(49,50)42(6)24-15-16-24)33(47)43-20-25-27(36(25,4)5)28(43)31(45)39-26(17-12-22-10-11-22)29(44)32(46)38-23-13-14-23/h22-28,30H,7-21H2,1-6H3,(H,38,46)(H,39,45)(H2,40,41,48)/t25-,26-,27-,28-,30+/m0/s1. The molecule has 0 aromatic heterocycles. The van der Waals surface area contributed by atoms with E-state index in [1.807, 2.05) is 20.8 Å². The molecule has 4 N–H and O–H groups in total. The molecule has 0 spiro atoms. The van der Waals surface area contributed by atoms with Crippen LogP contribution in [0.15, 0.2) is 0 Å². The van der Waals surface area contributed by atoms with Gasteiger partial charge in [-0.1, -0.05) is 66.7 Å². The molecule has 5 atom stereocenters. The Kier molecular flexibility index (Phi) is 10.4. The first-order valence-corrected chi connectivity index (χ1v) is 20.9. The van der Waals surface area contributed by atoms with Gasteiger partial charge in [0.2, 0.25) is 27.6 Å². The fraction of sp³-hybridized carbons (Fsp3) is 0.865. The van der Waals surface area contributed by atoms with Crippen LogP contribution >= 0.6 is 0 Å². The third kappa shape index (κ3) is 8.57. The number of fused-ring (bicyclic) bond motifs is 1. The van der Waals surface area contributed by atoms with Gasteiger partial charge in [-0.15, -0.1) is 0 Å². The maximum absolute atomic E-state index is 14.5. The summed E-state index contributed by atoms with van der Waals surface area (Å²) in [5.41, 5.74) is -1.89. The summed E-state index contributed by atoms with van der Waals surface area (Å²) < 4.78 is 28.3. The fourth-order valence-corrected chi connectivity index (χ4v) is 10.6. The van der Waals surface area contributed by atoms with Crippen LogP contribution in [0, 0.1) is 28.6 Å². The highest BCUT2D eigenvalue weighted by molar-refractivity contribution is 7.89. The number of urea groups is 1. The zero-order valence-corrected chi connectivity index (χ0v) is 32.2. The van der Waals surface area contributed by atoms with Gasteiger partial charge in [0.15, 0.2) is 0 Å². The van der Waals surface area contributed by atoms with Gasteiger partial charge in [-0.25, -0.2) is 17.5 Å². The number of ketones is 1. The van der Waals surface area contributed by atoms with E-state index in [4.69, 9.17) is 0 Å². The van der Waals surface area contributed by atoms with Crippen molar-refractivity contribution < 1.29 is 32.4 Å². The lowest BCUT2D eigenvalue weighted by atomic mass is 9.83.